The quantitative estimate of drug-likeness (QED) is 0.837. The van der Waals surface area contributed by atoms with Crippen molar-refractivity contribution in [3.8, 4) is 0 Å². The Morgan fingerprint density at radius 2 is 2.00 bits per heavy atom. The van der Waals surface area contributed by atoms with E-state index in [0.29, 0.717) is 0 Å². The van der Waals surface area contributed by atoms with E-state index in [-0.39, 0.29) is 0 Å². The normalized spacial score (nSPS) is 22.9. The molecule has 0 amide bonds. The fourth-order valence-electron chi connectivity index (χ4n) is 2.44. The topological polar surface area (TPSA) is 15.3 Å². The second kappa shape index (κ2) is 6.02. The third-order valence-corrected chi connectivity index (χ3v) is 3.48. The van der Waals surface area contributed by atoms with E-state index in [0.717, 1.165) is 12.6 Å². The monoisotopic (exact) mass is 218 g/mol. The maximum Gasteiger partial charge on any atom is 0.0233 e. The zero-order chi connectivity index (χ0) is 11.2. The molecule has 0 radical (unpaired) electrons. The van der Waals surface area contributed by atoms with Gasteiger partial charge < -0.3 is 5.32 Å². The van der Waals surface area contributed by atoms with Crippen LogP contribution >= 0.6 is 0 Å². The Hall–Kier alpha value is -0.860. The van der Waals surface area contributed by atoms with E-state index in [1.807, 2.05) is 0 Å². The van der Waals surface area contributed by atoms with Crippen LogP contribution in [0.3, 0.4) is 0 Å². The Morgan fingerprint density at radius 3 is 2.75 bits per heavy atom. The number of likely N-dealkylation sites (tertiary alicyclic amines) is 1. The lowest BCUT2D eigenvalue weighted by atomic mass is 10.1. The Balaban J connectivity index is 1.86. The summed E-state index contributed by atoms with van der Waals surface area (Å²) in [5.74, 6) is 0. The first-order valence-electron chi connectivity index (χ1n) is 6.32. The van der Waals surface area contributed by atoms with Crippen LogP contribution in [0.5, 0.6) is 0 Å². The van der Waals surface area contributed by atoms with E-state index in [1.54, 1.807) is 0 Å². The van der Waals surface area contributed by atoms with Crippen molar-refractivity contribution in [2.45, 2.75) is 31.8 Å². The highest BCUT2D eigenvalue weighted by atomic mass is 15.1. The lowest BCUT2D eigenvalue weighted by Gasteiger charge is -2.20. The predicted molar refractivity (Wildman–Crippen MR) is 68.4 cm³/mol. The molecule has 1 atom stereocenters. The molecule has 1 aromatic rings. The smallest absolute Gasteiger partial charge is 0.0233 e. The van der Waals surface area contributed by atoms with E-state index in [1.165, 1.54) is 37.9 Å². The van der Waals surface area contributed by atoms with Crippen molar-refractivity contribution in [1.29, 1.82) is 0 Å². The molecule has 2 nitrogen and oxygen atoms in total. The molecule has 1 N–H and O–H groups in total. The lowest BCUT2D eigenvalue weighted by Crippen LogP contribution is -2.28. The average Bonchev–Trinajstić information content (AvgIpc) is 2.56. The van der Waals surface area contributed by atoms with Crippen LogP contribution in [0.25, 0.3) is 0 Å². The van der Waals surface area contributed by atoms with Crippen molar-refractivity contribution in [1.82, 2.24) is 10.2 Å². The lowest BCUT2D eigenvalue weighted by molar-refractivity contribution is 0.274. The first kappa shape index (κ1) is 11.6. The van der Waals surface area contributed by atoms with Gasteiger partial charge in [-0.05, 0) is 45.0 Å². The highest BCUT2D eigenvalue weighted by molar-refractivity contribution is 5.14. The average molecular weight is 218 g/mol. The summed E-state index contributed by atoms with van der Waals surface area (Å²) in [5, 5.41) is 3.40. The van der Waals surface area contributed by atoms with Gasteiger partial charge in [-0.2, -0.15) is 0 Å². The zero-order valence-electron chi connectivity index (χ0n) is 10.2. The molecule has 1 fully saturated rings. The first-order chi connectivity index (χ1) is 7.88. The summed E-state index contributed by atoms with van der Waals surface area (Å²) >= 11 is 0. The number of nitrogens with zero attached hydrogens (tertiary/aromatic N) is 1. The van der Waals surface area contributed by atoms with E-state index in [9.17, 15) is 0 Å². The molecule has 88 valence electrons. The van der Waals surface area contributed by atoms with Gasteiger partial charge in [0.2, 0.25) is 0 Å². The molecule has 0 bridgehead atoms. The first-order valence-corrected chi connectivity index (χ1v) is 6.32. The van der Waals surface area contributed by atoms with Gasteiger partial charge in [-0.15, -0.1) is 0 Å². The molecular formula is C14H22N2. The molecular weight excluding hydrogens is 196 g/mol. The van der Waals surface area contributed by atoms with E-state index in [2.05, 4.69) is 47.6 Å². The third-order valence-electron chi connectivity index (χ3n) is 3.48. The summed E-state index contributed by atoms with van der Waals surface area (Å²) < 4.78 is 0. The van der Waals surface area contributed by atoms with Gasteiger partial charge in [-0.1, -0.05) is 30.3 Å². The van der Waals surface area contributed by atoms with Crippen LogP contribution in [0.2, 0.25) is 0 Å². The Morgan fingerprint density at radius 1 is 1.19 bits per heavy atom. The van der Waals surface area contributed by atoms with Crippen LogP contribution in [0.15, 0.2) is 30.3 Å². The maximum absolute atomic E-state index is 3.40. The molecule has 2 rings (SSSR count). The molecule has 1 aliphatic rings. The van der Waals surface area contributed by atoms with Gasteiger partial charge in [0.05, 0.1) is 0 Å². The van der Waals surface area contributed by atoms with Crippen molar-refractivity contribution >= 4 is 0 Å². The largest absolute Gasteiger partial charge is 0.317 e. The zero-order valence-corrected chi connectivity index (χ0v) is 10.2. The van der Waals surface area contributed by atoms with E-state index >= 15 is 0 Å². The number of hydrogen-bond acceptors (Lipinski definition) is 2. The van der Waals surface area contributed by atoms with Gasteiger partial charge in [0.1, 0.15) is 0 Å². The minimum atomic E-state index is 0.723. The Labute approximate surface area is 98.7 Å². The molecule has 0 spiro atoms. The molecule has 0 saturated carbocycles. The van der Waals surface area contributed by atoms with Gasteiger partial charge in [0, 0.05) is 12.6 Å². The number of nitrogens with one attached hydrogen (secondary N) is 1. The number of hydrogen-bond donors (Lipinski definition) is 1. The molecule has 16 heavy (non-hydrogen) atoms. The fraction of sp³-hybridized carbons (Fsp3) is 0.571. The van der Waals surface area contributed by atoms with Gasteiger partial charge in [0.15, 0.2) is 0 Å². The van der Waals surface area contributed by atoms with Crippen LogP contribution < -0.4 is 5.32 Å². The van der Waals surface area contributed by atoms with E-state index < -0.39 is 0 Å². The van der Waals surface area contributed by atoms with Crippen molar-refractivity contribution in [3.63, 3.8) is 0 Å². The SMILES string of the molecule is CNC1CCCN(Cc2ccccc2)CC1. The highest BCUT2D eigenvalue weighted by Crippen LogP contribution is 2.13. The highest BCUT2D eigenvalue weighted by Gasteiger charge is 2.15. The van der Waals surface area contributed by atoms with Crippen LogP contribution in [0.1, 0.15) is 24.8 Å². The second-order valence-corrected chi connectivity index (χ2v) is 4.68. The third kappa shape index (κ3) is 3.32. The van der Waals surface area contributed by atoms with Gasteiger partial charge in [0.25, 0.3) is 0 Å². The van der Waals surface area contributed by atoms with Crippen molar-refractivity contribution in [2.75, 3.05) is 20.1 Å². The van der Waals surface area contributed by atoms with Crippen LogP contribution in [-0.4, -0.2) is 31.1 Å². The molecule has 1 unspecified atom stereocenters. The van der Waals surface area contributed by atoms with E-state index in [4.69, 9.17) is 0 Å². The van der Waals surface area contributed by atoms with Gasteiger partial charge >= 0.3 is 0 Å². The molecule has 1 aliphatic heterocycles. The Kier molecular flexibility index (Phi) is 4.37. The summed E-state index contributed by atoms with van der Waals surface area (Å²) in [6, 6.07) is 11.5. The molecule has 2 heteroatoms. The van der Waals surface area contributed by atoms with Gasteiger partial charge in [-0.3, -0.25) is 4.90 Å². The molecule has 1 heterocycles. The molecule has 0 aliphatic carbocycles. The van der Waals surface area contributed by atoms with Crippen LogP contribution in [-0.2, 0) is 6.54 Å². The predicted octanol–water partition coefficient (Wildman–Crippen LogP) is 2.26. The second-order valence-electron chi connectivity index (χ2n) is 4.68. The molecule has 0 aromatic heterocycles. The fourth-order valence-corrected chi connectivity index (χ4v) is 2.44. The molecule has 1 saturated heterocycles. The summed E-state index contributed by atoms with van der Waals surface area (Å²) in [4.78, 5) is 2.58. The minimum Gasteiger partial charge on any atom is -0.317 e. The minimum absolute atomic E-state index is 0.723. The van der Waals surface area contributed by atoms with Crippen molar-refractivity contribution < 1.29 is 0 Å². The summed E-state index contributed by atoms with van der Waals surface area (Å²) in [6.07, 6.45) is 3.92. The maximum atomic E-state index is 3.40. The standard InChI is InChI=1S/C14H22N2/c1-15-14-8-5-10-16(11-9-14)12-13-6-3-2-4-7-13/h2-4,6-7,14-15H,5,8-12H2,1H3. The number of rotatable bonds is 3. The summed E-state index contributed by atoms with van der Waals surface area (Å²) in [6.45, 7) is 3.57. The molecule has 1 aromatic carbocycles. The van der Waals surface area contributed by atoms with Crippen molar-refractivity contribution in [3.05, 3.63) is 35.9 Å². The number of benzene rings is 1. The van der Waals surface area contributed by atoms with Crippen molar-refractivity contribution in [2.24, 2.45) is 0 Å². The van der Waals surface area contributed by atoms with Gasteiger partial charge in [-0.25, -0.2) is 0 Å². The van der Waals surface area contributed by atoms with Crippen LogP contribution in [0, 0.1) is 0 Å². The summed E-state index contributed by atoms with van der Waals surface area (Å²) in [7, 11) is 2.08. The van der Waals surface area contributed by atoms with Crippen LogP contribution in [0.4, 0.5) is 0 Å². The Bertz CT molecular complexity index is 297. The summed E-state index contributed by atoms with van der Waals surface area (Å²) in [5.41, 5.74) is 1.44.